The van der Waals surface area contributed by atoms with Crippen LogP contribution in [0.5, 0.6) is 0 Å². The number of benzene rings is 2. The molecular weight excluding hydrogens is 262 g/mol. The number of hydrogen-bond donors (Lipinski definition) is 1. The molecule has 4 heteroatoms. The van der Waals surface area contributed by atoms with Gasteiger partial charge in [0.2, 0.25) is 0 Å². The fourth-order valence-electron chi connectivity index (χ4n) is 3.08. The van der Waals surface area contributed by atoms with Gasteiger partial charge >= 0.3 is 6.03 Å². The molecule has 2 aliphatic rings. The Morgan fingerprint density at radius 3 is 2.71 bits per heavy atom. The predicted octanol–water partition coefficient (Wildman–Crippen LogP) is 3.08. The van der Waals surface area contributed by atoms with Gasteiger partial charge in [0.05, 0.1) is 0 Å². The van der Waals surface area contributed by atoms with Crippen LogP contribution in [-0.2, 0) is 0 Å². The number of urea groups is 1. The highest BCUT2D eigenvalue weighted by molar-refractivity contribution is 6.05. The summed E-state index contributed by atoms with van der Waals surface area (Å²) in [6, 6.07) is 13.9. The van der Waals surface area contributed by atoms with Gasteiger partial charge in [-0.2, -0.15) is 4.99 Å². The van der Waals surface area contributed by atoms with Crippen molar-refractivity contribution in [1.82, 2.24) is 4.90 Å². The van der Waals surface area contributed by atoms with E-state index in [0.717, 1.165) is 22.9 Å². The second-order valence-corrected chi connectivity index (χ2v) is 5.89. The minimum atomic E-state index is -0.218. The standard InChI is InChI=1S/C17H17N3O/c18-16-15(20(17(21)19-16)10-11-8-9-11)14-7-3-5-12-4-1-2-6-13(12)14/h1-7,11,15H,8-10H2,(H2,18,19,21). The van der Waals surface area contributed by atoms with Crippen molar-refractivity contribution in [2.24, 2.45) is 16.6 Å². The van der Waals surface area contributed by atoms with Crippen molar-refractivity contribution in [3.63, 3.8) is 0 Å². The smallest absolute Gasteiger partial charge is 0.346 e. The molecule has 106 valence electrons. The number of hydrogen-bond acceptors (Lipinski definition) is 2. The molecule has 0 radical (unpaired) electrons. The number of nitrogens with zero attached hydrogens (tertiary/aromatic N) is 2. The first-order valence-corrected chi connectivity index (χ1v) is 7.36. The van der Waals surface area contributed by atoms with Gasteiger partial charge in [0.1, 0.15) is 11.9 Å². The summed E-state index contributed by atoms with van der Waals surface area (Å²) in [7, 11) is 0. The number of fused-ring (bicyclic) bond motifs is 1. The Balaban J connectivity index is 1.81. The fourth-order valence-corrected chi connectivity index (χ4v) is 3.08. The number of aliphatic imine (C=N–C) groups is 1. The first-order valence-electron chi connectivity index (χ1n) is 7.36. The molecule has 21 heavy (non-hydrogen) atoms. The largest absolute Gasteiger partial charge is 0.385 e. The Bertz CT molecular complexity index is 743. The highest BCUT2D eigenvalue weighted by Gasteiger charge is 2.38. The van der Waals surface area contributed by atoms with Gasteiger partial charge in [-0.1, -0.05) is 42.5 Å². The quantitative estimate of drug-likeness (QED) is 0.938. The Hall–Kier alpha value is -2.36. The van der Waals surface area contributed by atoms with Gasteiger partial charge in [-0.3, -0.25) is 0 Å². The lowest BCUT2D eigenvalue weighted by Gasteiger charge is -2.25. The number of nitrogens with two attached hydrogens (primary N) is 1. The molecule has 2 aromatic carbocycles. The molecule has 1 unspecified atom stereocenters. The van der Waals surface area contributed by atoms with Crippen LogP contribution in [0.4, 0.5) is 4.79 Å². The van der Waals surface area contributed by atoms with Crippen LogP contribution in [0, 0.1) is 5.92 Å². The average Bonchev–Trinajstić information content (AvgIpc) is 3.26. The zero-order chi connectivity index (χ0) is 14.4. The summed E-state index contributed by atoms with van der Waals surface area (Å²) in [5.74, 6) is 1.03. The molecule has 1 saturated carbocycles. The first-order chi connectivity index (χ1) is 10.2. The van der Waals surface area contributed by atoms with Crippen LogP contribution < -0.4 is 5.73 Å². The Labute approximate surface area is 123 Å². The Morgan fingerprint density at radius 2 is 1.90 bits per heavy atom. The zero-order valence-electron chi connectivity index (χ0n) is 11.7. The fraction of sp³-hybridized carbons (Fsp3) is 0.294. The summed E-state index contributed by atoms with van der Waals surface area (Å²) >= 11 is 0. The van der Waals surface area contributed by atoms with E-state index in [1.165, 1.54) is 12.8 Å². The third-order valence-electron chi connectivity index (χ3n) is 4.33. The van der Waals surface area contributed by atoms with Crippen molar-refractivity contribution in [2.75, 3.05) is 6.54 Å². The molecule has 1 aliphatic carbocycles. The van der Waals surface area contributed by atoms with E-state index in [1.807, 2.05) is 29.2 Å². The topological polar surface area (TPSA) is 58.7 Å². The molecule has 0 aromatic heterocycles. The van der Waals surface area contributed by atoms with Crippen molar-refractivity contribution < 1.29 is 4.79 Å². The third kappa shape index (κ3) is 2.07. The van der Waals surface area contributed by atoms with Crippen LogP contribution in [0.2, 0.25) is 0 Å². The lowest BCUT2D eigenvalue weighted by molar-refractivity contribution is 0.204. The maximum atomic E-state index is 12.1. The predicted molar refractivity (Wildman–Crippen MR) is 83.1 cm³/mol. The monoisotopic (exact) mass is 279 g/mol. The maximum Gasteiger partial charge on any atom is 0.346 e. The van der Waals surface area contributed by atoms with Crippen molar-refractivity contribution >= 4 is 22.6 Å². The van der Waals surface area contributed by atoms with E-state index in [9.17, 15) is 4.79 Å². The highest BCUT2D eigenvalue weighted by Crippen LogP contribution is 2.37. The van der Waals surface area contributed by atoms with Crippen LogP contribution in [0.15, 0.2) is 47.5 Å². The maximum absolute atomic E-state index is 12.1. The van der Waals surface area contributed by atoms with Crippen molar-refractivity contribution in [3.8, 4) is 0 Å². The molecule has 1 fully saturated rings. The number of amidine groups is 1. The van der Waals surface area contributed by atoms with E-state index in [1.54, 1.807) is 0 Å². The van der Waals surface area contributed by atoms with E-state index in [2.05, 4.69) is 23.2 Å². The Kier molecular flexibility index (Phi) is 2.70. The summed E-state index contributed by atoms with van der Waals surface area (Å²) in [5, 5.41) is 2.30. The van der Waals surface area contributed by atoms with Crippen LogP contribution in [-0.4, -0.2) is 23.3 Å². The molecule has 0 saturated heterocycles. The van der Waals surface area contributed by atoms with E-state index in [-0.39, 0.29) is 12.1 Å². The lowest BCUT2D eigenvalue weighted by Crippen LogP contribution is -2.35. The van der Waals surface area contributed by atoms with E-state index < -0.39 is 0 Å². The third-order valence-corrected chi connectivity index (χ3v) is 4.33. The SMILES string of the molecule is NC1=NC(=O)N(CC2CC2)C1c1cccc2ccccc12. The average molecular weight is 279 g/mol. The van der Waals surface area contributed by atoms with Gasteiger partial charge in [-0.25, -0.2) is 4.79 Å². The minimum absolute atomic E-state index is 0.197. The normalized spacial score (nSPS) is 21.9. The molecule has 4 rings (SSSR count). The number of amides is 2. The number of rotatable bonds is 3. The number of carbonyl (C=O) groups is 1. The molecule has 0 bridgehead atoms. The van der Waals surface area contributed by atoms with Gasteiger partial charge in [0.25, 0.3) is 0 Å². The van der Waals surface area contributed by atoms with E-state index >= 15 is 0 Å². The van der Waals surface area contributed by atoms with Gasteiger partial charge in [-0.15, -0.1) is 0 Å². The van der Waals surface area contributed by atoms with Crippen molar-refractivity contribution in [2.45, 2.75) is 18.9 Å². The van der Waals surface area contributed by atoms with Crippen molar-refractivity contribution in [3.05, 3.63) is 48.0 Å². The summed E-state index contributed by atoms with van der Waals surface area (Å²) in [6.45, 7) is 0.761. The Morgan fingerprint density at radius 1 is 1.14 bits per heavy atom. The van der Waals surface area contributed by atoms with E-state index in [4.69, 9.17) is 5.73 Å². The molecular formula is C17H17N3O. The van der Waals surface area contributed by atoms with Gasteiger partial charge < -0.3 is 10.6 Å². The zero-order valence-corrected chi connectivity index (χ0v) is 11.7. The molecule has 2 N–H and O–H groups in total. The molecule has 2 aromatic rings. The molecule has 0 spiro atoms. The van der Waals surface area contributed by atoms with Crippen LogP contribution in [0.3, 0.4) is 0 Å². The summed E-state index contributed by atoms with van der Waals surface area (Å²) < 4.78 is 0. The highest BCUT2D eigenvalue weighted by atomic mass is 16.2. The van der Waals surface area contributed by atoms with Crippen molar-refractivity contribution in [1.29, 1.82) is 0 Å². The van der Waals surface area contributed by atoms with Crippen LogP contribution >= 0.6 is 0 Å². The minimum Gasteiger partial charge on any atom is -0.385 e. The molecule has 1 atom stereocenters. The molecule has 4 nitrogen and oxygen atoms in total. The molecule has 2 amide bonds. The lowest BCUT2D eigenvalue weighted by atomic mass is 9.97. The van der Waals surface area contributed by atoms with Crippen LogP contribution in [0.25, 0.3) is 10.8 Å². The molecule has 1 heterocycles. The van der Waals surface area contributed by atoms with Gasteiger partial charge in [0.15, 0.2) is 0 Å². The van der Waals surface area contributed by atoms with E-state index in [0.29, 0.717) is 11.8 Å². The summed E-state index contributed by atoms with van der Waals surface area (Å²) in [4.78, 5) is 18.0. The van der Waals surface area contributed by atoms with Gasteiger partial charge in [-0.05, 0) is 35.1 Å². The van der Waals surface area contributed by atoms with Crippen LogP contribution in [0.1, 0.15) is 24.4 Å². The second-order valence-electron chi connectivity index (χ2n) is 5.89. The molecule has 1 aliphatic heterocycles. The van der Waals surface area contributed by atoms with Gasteiger partial charge in [0, 0.05) is 6.54 Å². The number of carbonyl (C=O) groups excluding carboxylic acids is 1. The summed E-state index contributed by atoms with van der Waals surface area (Å²) in [5.41, 5.74) is 7.14. The second kappa shape index (κ2) is 4.58. The first kappa shape index (κ1) is 12.4. The summed E-state index contributed by atoms with van der Waals surface area (Å²) in [6.07, 6.45) is 2.40.